The Kier molecular flexibility index (Phi) is 4.50. The number of aryl methyl sites for hydroxylation is 1. The van der Waals surface area contributed by atoms with E-state index in [1.54, 1.807) is 0 Å². The van der Waals surface area contributed by atoms with Crippen LogP contribution in [0.2, 0.25) is 18.1 Å². The molecular weight excluding hydrogens is 320 g/mol. The van der Waals surface area contributed by atoms with Gasteiger partial charge in [-0.05, 0) is 53.2 Å². The molecule has 0 heterocycles. The fourth-order valence-electron chi connectivity index (χ4n) is 2.90. The maximum absolute atomic E-state index is 6.72. The summed E-state index contributed by atoms with van der Waals surface area (Å²) in [6, 6.07) is 21.6. The second-order valence-corrected chi connectivity index (χ2v) is 13.1. The number of hydrogen-bond donors (Lipinski definition) is 0. The molecule has 25 heavy (non-hydrogen) atoms. The third-order valence-corrected chi connectivity index (χ3v) is 9.68. The smallest absolute Gasteiger partial charge is 0.250 e. The average molecular weight is 349 g/mol. The molecule has 3 aromatic carbocycles. The van der Waals surface area contributed by atoms with Crippen LogP contribution in [0, 0.1) is 6.92 Å². The first kappa shape index (κ1) is 17.8. The van der Waals surface area contributed by atoms with Crippen LogP contribution in [0.4, 0.5) is 0 Å². The molecule has 3 aromatic rings. The molecule has 0 aromatic heterocycles. The van der Waals surface area contributed by atoms with E-state index in [0.29, 0.717) is 0 Å². The van der Waals surface area contributed by atoms with Gasteiger partial charge in [-0.3, -0.25) is 0 Å². The molecule has 0 N–H and O–H groups in total. The molecule has 0 aliphatic heterocycles. The van der Waals surface area contributed by atoms with Crippen LogP contribution < -0.4 is 4.43 Å². The van der Waals surface area contributed by atoms with Crippen molar-refractivity contribution in [2.75, 3.05) is 0 Å². The SMILES string of the molecule is Cc1cc(-c2ccccc2)c2c(O[Si](C)(C)C(C)(C)C)cccc2c1. The van der Waals surface area contributed by atoms with Crippen LogP contribution in [0.15, 0.2) is 60.7 Å². The molecule has 0 atom stereocenters. The molecule has 2 heteroatoms. The maximum atomic E-state index is 6.72. The lowest BCUT2D eigenvalue weighted by Gasteiger charge is -2.37. The zero-order valence-electron chi connectivity index (χ0n) is 16.2. The van der Waals surface area contributed by atoms with Gasteiger partial charge < -0.3 is 4.43 Å². The number of fused-ring (bicyclic) bond motifs is 1. The van der Waals surface area contributed by atoms with Crippen molar-refractivity contribution in [3.05, 3.63) is 66.2 Å². The van der Waals surface area contributed by atoms with Crippen LogP contribution in [-0.2, 0) is 0 Å². The Morgan fingerprint density at radius 2 is 1.52 bits per heavy atom. The van der Waals surface area contributed by atoms with E-state index in [4.69, 9.17) is 4.43 Å². The van der Waals surface area contributed by atoms with E-state index in [0.717, 1.165) is 5.75 Å². The number of benzene rings is 3. The highest BCUT2D eigenvalue weighted by Gasteiger charge is 2.39. The molecule has 0 bridgehead atoms. The first-order chi connectivity index (χ1) is 11.7. The highest BCUT2D eigenvalue weighted by Crippen LogP contribution is 2.42. The normalized spacial score (nSPS) is 12.4. The molecule has 0 fully saturated rings. The van der Waals surface area contributed by atoms with Crippen LogP contribution in [0.25, 0.3) is 21.9 Å². The lowest BCUT2D eigenvalue weighted by Crippen LogP contribution is -2.43. The van der Waals surface area contributed by atoms with E-state index < -0.39 is 8.32 Å². The Hall–Kier alpha value is -2.06. The first-order valence-corrected chi connectivity index (χ1v) is 11.9. The Labute approximate surface area is 152 Å². The largest absolute Gasteiger partial charge is 0.543 e. The van der Waals surface area contributed by atoms with Crippen molar-refractivity contribution >= 4 is 19.1 Å². The van der Waals surface area contributed by atoms with Gasteiger partial charge in [0.05, 0.1) is 0 Å². The topological polar surface area (TPSA) is 9.23 Å². The van der Waals surface area contributed by atoms with Crippen LogP contribution in [0.5, 0.6) is 5.75 Å². The van der Waals surface area contributed by atoms with Crippen molar-refractivity contribution in [2.45, 2.75) is 45.8 Å². The minimum Gasteiger partial charge on any atom is -0.543 e. The molecule has 0 amide bonds. The average Bonchev–Trinajstić information content (AvgIpc) is 2.53. The third kappa shape index (κ3) is 3.50. The van der Waals surface area contributed by atoms with E-state index in [-0.39, 0.29) is 5.04 Å². The zero-order valence-corrected chi connectivity index (χ0v) is 17.2. The summed E-state index contributed by atoms with van der Waals surface area (Å²) >= 11 is 0. The highest BCUT2D eigenvalue weighted by atomic mass is 28.4. The van der Waals surface area contributed by atoms with E-state index in [2.05, 4.69) is 101 Å². The van der Waals surface area contributed by atoms with Crippen LogP contribution >= 0.6 is 0 Å². The van der Waals surface area contributed by atoms with Crippen molar-refractivity contribution < 1.29 is 4.43 Å². The minimum atomic E-state index is -1.90. The van der Waals surface area contributed by atoms with Crippen molar-refractivity contribution in [1.29, 1.82) is 0 Å². The summed E-state index contributed by atoms with van der Waals surface area (Å²) in [5.41, 5.74) is 3.77. The molecule has 0 aliphatic carbocycles. The van der Waals surface area contributed by atoms with E-state index >= 15 is 0 Å². The first-order valence-electron chi connectivity index (χ1n) is 8.97. The molecule has 0 saturated heterocycles. The molecule has 0 aliphatic rings. The van der Waals surface area contributed by atoms with Gasteiger partial charge in [0.15, 0.2) is 0 Å². The zero-order chi connectivity index (χ0) is 18.2. The van der Waals surface area contributed by atoms with Gasteiger partial charge in [-0.1, -0.05) is 75.4 Å². The molecule has 0 unspecified atom stereocenters. The quantitative estimate of drug-likeness (QED) is 0.455. The van der Waals surface area contributed by atoms with Crippen LogP contribution in [-0.4, -0.2) is 8.32 Å². The van der Waals surface area contributed by atoms with Crippen molar-refractivity contribution in [2.24, 2.45) is 0 Å². The molecule has 1 nitrogen and oxygen atoms in total. The Morgan fingerprint density at radius 1 is 0.840 bits per heavy atom. The summed E-state index contributed by atoms with van der Waals surface area (Å²) in [6.07, 6.45) is 0. The fraction of sp³-hybridized carbons (Fsp3) is 0.304. The van der Waals surface area contributed by atoms with Crippen molar-refractivity contribution in [3.8, 4) is 16.9 Å². The van der Waals surface area contributed by atoms with E-state index in [9.17, 15) is 0 Å². The summed E-state index contributed by atoms with van der Waals surface area (Å²) < 4.78 is 6.72. The molecular formula is C23H28OSi. The Balaban J connectivity index is 2.24. The predicted octanol–water partition coefficient (Wildman–Crippen LogP) is 7.20. The summed E-state index contributed by atoms with van der Waals surface area (Å²) in [7, 11) is -1.90. The van der Waals surface area contributed by atoms with Gasteiger partial charge in [0.2, 0.25) is 0 Å². The highest BCUT2D eigenvalue weighted by molar-refractivity contribution is 6.74. The Morgan fingerprint density at radius 3 is 2.16 bits per heavy atom. The van der Waals surface area contributed by atoms with Crippen molar-refractivity contribution in [3.63, 3.8) is 0 Å². The van der Waals surface area contributed by atoms with Gasteiger partial charge >= 0.3 is 0 Å². The monoisotopic (exact) mass is 348 g/mol. The number of hydrogen-bond acceptors (Lipinski definition) is 1. The van der Waals surface area contributed by atoms with Crippen LogP contribution in [0.3, 0.4) is 0 Å². The summed E-state index contributed by atoms with van der Waals surface area (Å²) in [4.78, 5) is 0. The lowest BCUT2D eigenvalue weighted by molar-refractivity contribution is 0.496. The second-order valence-electron chi connectivity index (χ2n) is 8.40. The summed E-state index contributed by atoms with van der Waals surface area (Å²) in [6.45, 7) is 13.6. The van der Waals surface area contributed by atoms with Gasteiger partial charge in [-0.15, -0.1) is 0 Å². The summed E-state index contributed by atoms with van der Waals surface area (Å²) in [5, 5.41) is 2.64. The predicted molar refractivity (Wildman–Crippen MR) is 112 cm³/mol. The summed E-state index contributed by atoms with van der Waals surface area (Å²) in [5.74, 6) is 1.02. The van der Waals surface area contributed by atoms with Gasteiger partial charge in [0.25, 0.3) is 8.32 Å². The number of rotatable bonds is 3. The van der Waals surface area contributed by atoms with E-state index in [1.807, 2.05) is 0 Å². The standard InChI is InChI=1S/C23H28OSi/c1-17-15-19-13-10-14-21(24-25(5,6)23(2,3)4)22(19)20(16-17)18-11-8-7-9-12-18/h7-16H,1-6H3. The maximum Gasteiger partial charge on any atom is 0.250 e. The van der Waals surface area contributed by atoms with Gasteiger partial charge in [0, 0.05) is 5.39 Å². The third-order valence-electron chi connectivity index (χ3n) is 5.34. The molecule has 0 saturated carbocycles. The van der Waals surface area contributed by atoms with Crippen molar-refractivity contribution in [1.82, 2.24) is 0 Å². The molecule has 0 spiro atoms. The van der Waals surface area contributed by atoms with Gasteiger partial charge in [-0.25, -0.2) is 0 Å². The minimum absolute atomic E-state index is 0.173. The second kappa shape index (κ2) is 6.34. The van der Waals surface area contributed by atoms with Gasteiger partial charge in [-0.2, -0.15) is 0 Å². The van der Waals surface area contributed by atoms with Gasteiger partial charge in [0.1, 0.15) is 5.75 Å². The molecule has 130 valence electrons. The molecule has 3 rings (SSSR count). The van der Waals surface area contributed by atoms with E-state index in [1.165, 1.54) is 27.5 Å². The Bertz CT molecular complexity index is 889. The lowest BCUT2D eigenvalue weighted by atomic mass is 9.95. The molecule has 0 radical (unpaired) electrons. The van der Waals surface area contributed by atoms with Crippen LogP contribution in [0.1, 0.15) is 26.3 Å². The fourth-order valence-corrected chi connectivity index (χ4v) is 3.93.